The van der Waals surface area contributed by atoms with Crippen molar-refractivity contribution in [3.8, 4) is 23.1 Å². The lowest BCUT2D eigenvalue weighted by Crippen LogP contribution is -2.62. The number of hydrogen-bond donors (Lipinski definition) is 2. The number of hydrazine groups is 1. The van der Waals surface area contributed by atoms with Crippen LogP contribution in [0.4, 0.5) is 5.69 Å². The Morgan fingerprint density at radius 2 is 1.83 bits per heavy atom. The lowest BCUT2D eigenvalue weighted by Gasteiger charge is -2.39. The average Bonchev–Trinajstić information content (AvgIpc) is 4.03. The number of ether oxygens (including phenoxy) is 3. The molecule has 8 rings (SSSR count). The fourth-order valence-corrected chi connectivity index (χ4v) is 11.3. The Balaban J connectivity index is 1.10. The molecule has 6 atom stereocenters. The van der Waals surface area contributed by atoms with Gasteiger partial charge < -0.3 is 38.8 Å². The third kappa shape index (κ3) is 10.6. The van der Waals surface area contributed by atoms with Gasteiger partial charge in [0.15, 0.2) is 0 Å². The second kappa shape index (κ2) is 21.1. The first-order valence-corrected chi connectivity index (χ1v) is 26.0. The van der Waals surface area contributed by atoms with Crippen molar-refractivity contribution in [1.82, 2.24) is 40.0 Å². The zero-order valence-corrected chi connectivity index (χ0v) is 44.4. The van der Waals surface area contributed by atoms with Crippen LogP contribution in [0.5, 0.6) is 0 Å². The highest BCUT2D eigenvalue weighted by Crippen LogP contribution is 2.44. The number of aromatic nitrogens is 2. The van der Waals surface area contributed by atoms with Crippen LogP contribution in [0.15, 0.2) is 36.5 Å². The third-order valence-corrected chi connectivity index (χ3v) is 15.9. The lowest BCUT2D eigenvalue weighted by molar-refractivity contribution is -0.156. The zero-order valence-electron chi connectivity index (χ0n) is 44.4. The number of cyclic esters (lactones) is 1. The van der Waals surface area contributed by atoms with Gasteiger partial charge in [-0.25, -0.2) is 5.43 Å². The number of nitrogens with zero attached hydrogens (tertiary/aromatic N) is 7. The Kier molecular flexibility index (Phi) is 15.5. The predicted molar refractivity (Wildman–Crippen MR) is 275 cm³/mol. The van der Waals surface area contributed by atoms with Crippen LogP contribution in [-0.2, 0) is 51.1 Å². The van der Waals surface area contributed by atoms with E-state index in [1.807, 2.05) is 59.7 Å². The number of esters is 1. The highest BCUT2D eigenvalue weighted by molar-refractivity contribution is 5.98. The number of carbonyl (C=O) groups excluding carboxylic acids is 5. The number of fused-ring (bicyclic) bond motifs is 6. The van der Waals surface area contributed by atoms with Gasteiger partial charge in [-0.1, -0.05) is 33.6 Å². The van der Waals surface area contributed by atoms with Crippen LogP contribution in [0.25, 0.3) is 22.2 Å². The zero-order chi connectivity index (χ0) is 51.9. The molecule has 0 aliphatic carbocycles. The lowest BCUT2D eigenvalue weighted by atomic mass is 9.84. The largest absolute Gasteiger partial charge is 0.464 e. The van der Waals surface area contributed by atoms with Gasteiger partial charge in [-0.2, -0.15) is 0 Å². The second-order valence-electron chi connectivity index (χ2n) is 22.5. The van der Waals surface area contributed by atoms with Crippen molar-refractivity contribution in [3.05, 3.63) is 47.8 Å². The van der Waals surface area contributed by atoms with Gasteiger partial charge in [-0.15, -0.1) is 0 Å². The van der Waals surface area contributed by atoms with E-state index in [-0.39, 0.29) is 43.4 Å². The number of benzene rings is 1. The number of pyridine rings is 1. The molecule has 1 unspecified atom stereocenters. The smallest absolute Gasteiger partial charge is 0.324 e. The number of nitrogens with one attached hydrogen (secondary N) is 2. The van der Waals surface area contributed by atoms with E-state index >= 15 is 0 Å². The quantitative estimate of drug-likeness (QED) is 0.219. The number of carbonyl (C=O) groups is 5. The van der Waals surface area contributed by atoms with E-state index in [2.05, 4.69) is 77.1 Å². The van der Waals surface area contributed by atoms with Gasteiger partial charge in [0.25, 0.3) is 11.8 Å². The molecule has 3 aromatic rings. The van der Waals surface area contributed by atoms with Crippen LogP contribution in [0.2, 0.25) is 0 Å². The number of amides is 4. The molecule has 2 N–H and O–H groups in total. The molecule has 5 aliphatic rings. The minimum atomic E-state index is -1.06. The van der Waals surface area contributed by atoms with Gasteiger partial charge >= 0.3 is 5.97 Å². The predicted octanol–water partition coefficient (Wildman–Crippen LogP) is 4.95. The monoisotopic (exact) mass is 992 g/mol. The summed E-state index contributed by atoms with van der Waals surface area (Å²) in [5.41, 5.74) is 7.46. The summed E-state index contributed by atoms with van der Waals surface area (Å²) < 4.78 is 20.8. The van der Waals surface area contributed by atoms with Gasteiger partial charge in [-0.3, -0.25) is 38.9 Å². The SMILES string of the molecule is CCn1c(-c2cccnc2[C@H](C)OC)c2c3cc(ccc31)N1CCO[C@@H](C[C@H](NC(=O)C(C(C)C)N3CC[C@@]4(CCN(C(=O)C#CC(C)(C)N(C)C)C4)C3=O)C(=O)N3CCC[C@H](N3)C(=O)OCC(C)(C)C2)C1. The van der Waals surface area contributed by atoms with Crippen molar-refractivity contribution < 1.29 is 38.2 Å². The topological polar surface area (TPSA) is 171 Å². The summed E-state index contributed by atoms with van der Waals surface area (Å²) in [5, 5.41) is 5.67. The molecule has 17 nitrogen and oxygen atoms in total. The molecule has 6 bridgehead atoms. The Hall–Kier alpha value is -5.54. The summed E-state index contributed by atoms with van der Waals surface area (Å²) in [7, 11) is 5.52. The van der Waals surface area contributed by atoms with Crippen molar-refractivity contribution in [2.24, 2.45) is 16.7 Å². The summed E-state index contributed by atoms with van der Waals surface area (Å²) in [6.07, 6.45) is 3.83. The van der Waals surface area contributed by atoms with E-state index in [0.29, 0.717) is 78.0 Å². The maximum absolute atomic E-state index is 14.9. The van der Waals surface area contributed by atoms with Crippen LogP contribution in [0.1, 0.15) is 105 Å². The molecular formula is C55H77N9O8. The van der Waals surface area contributed by atoms with Gasteiger partial charge in [0, 0.05) is 93.1 Å². The van der Waals surface area contributed by atoms with E-state index in [1.165, 1.54) is 5.01 Å². The second-order valence-corrected chi connectivity index (χ2v) is 22.5. The number of morpholine rings is 1. The molecule has 17 heteroatoms. The van der Waals surface area contributed by atoms with Crippen molar-refractivity contribution >= 4 is 46.2 Å². The van der Waals surface area contributed by atoms with Crippen molar-refractivity contribution in [2.75, 3.05) is 78.6 Å². The van der Waals surface area contributed by atoms with E-state index in [1.54, 1.807) is 23.1 Å². The first-order valence-electron chi connectivity index (χ1n) is 26.0. The van der Waals surface area contributed by atoms with Crippen molar-refractivity contribution in [1.29, 1.82) is 0 Å². The minimum absolute atomic E-state index is 0.138. The summed E-state index contributed by atoms with van der Waals surface area (Å²) in [6.45, 7) is 19.7. The third-order valence-electron chi connectivity index (χ3n) is 15.9. The molecule has 390 valence electrons. The Bertz CT molecular complexity index is 2610. The van der Waals surface area contributed by atoms with Gasteiger partial charge in [-0.05, 0) is 122 Å². The van der Waals surface area contributed by atoms with E-state index in [9.17, 15) is 24.0 Å². The summed E-state index contributed by atoms with van der Waals surface area (Å²) >= 11 is 0. The standard InChI is InChI=1S/C55H77N9O8/c1-12-62-44-18-17-37-29-40(44)41(48(62)39-15-13-23-56-46(39)36(4)70-11)31-53(5,6)34-72-51(68)42-16-14-24-64(58-42)50(67)43(30-38-32-60(37)27-28-71-38)57-49(66)47(35(2)3)63-26-22-55(52(63)69)21-25-61(33-55)45(65)19-20-54(7,8)59(9)10/h13,15,17-18,23,29,35-36,38,42-43,47,58H,12,14,16,21-22,24-28,30-34H2,1-11H3,(H,57,66)/t36-,38-,42-,43-,47?,55+/m0/s1. The van der Waals surface area contributed by atoms with E-state index in [4.69, 9.17) is 19.2 Å². The Labute approximate surface area is 425 Å². The van der Waals surface area contributed by atoms with Gasteiger partial charge in [0.1, 0.15) is 18.1 Å². The summed E-state index contributed by atoms with van der Waals surface area (Å²) in [4.78, 5) is 84.0. The Morgan fingerprint density at radius 3 is 2.56 bits per heavy atom. The van der Waals surface area contributed by atoms with Crippen LogP contribution >= 0.6 is 0 Å². The van der Waals surface area contributed by atoms with E-state index < -0.39 is 58.4 Å². The molecule has 5 aliphatic heterocycles. The first kappa shape index (κ1) is 52.8. The maximum Gasteiger partial charge on any atom is 0.324 e. The average molecular weight is 992 g/mol. The normalized spacial score (nSPS) is 24.9. The highest BCUT2D eigenvalue weighted by atomic mass is 16.5. The molecule has 1 aromatic carbocycles. The molecular weight excluding hydrogens is 915 g/mol. The molecule has 4 saturated heterocycles. The molecule has 1 spiro atoms. The summed E-state index contributed by atoms with van der Waals surface area (Å²) in [6, 6.07) is 7.92. The van der Waals surface area contributed by atoms with Crippen LogP contribution in [-0.4, -0.2) is 162 Å². The molecule has 4 fully saturated rings. The molecule has 2 aromatic heterocycles. The molecule has 0 saturated carbocycles. The van der Waals surface area contributed by atoms with Crippen LogP contribution in [0.3, 0.4) is 0 Å². The van der Waals surface area contributed by atoms with Crippen LogP contribution in [0, 0.1) is 28.6 Å². The van der Waals surface area contributed by atoms with Crippen LogP contribution < -0.4 is 15.6 Å². The molecule has 4 amide bonds. The van der Waals surface area contributed by atoms with Crippen molar-refractivity contribution in [3.63, 3.8) is 0 Å². The fraction of sp³-hybridized carbons (Fsp3) is 0.636. The number of likely N-dealkylation sites (tertiary alicyclic amines) is 2. The molecule has 0 radical (unpaired) electrons. The number of anilines is 1. The number of aryl methyl sites for hydroxylation is 1. The highest BCUT2D eigenvalue weighted by Gasteiger charge is 2.54. The van der Waals surface area contributed by atoms with Gasteiger partial charge in [0.2, 0.25) is 11.8 Å². The summed E-state index contributed by atoms with van der Waals surface area (Å²) in [5.74, 6) is 3.83. The first-order chi connectivity index (χ1) is 34.2. The molecule has 72 heavy (non-hydrogen) atoms. The van der Waals surface area contributed by atoms with Crippen molar-refractivity contribution in [2.45, 2.75) is 136 Å². The Morgan fingerprint density at radius 1 is 1.07 bits per heavy atom. The van der Waals surface area contributed by atoms with Gasteiger partial charge in [0.05, 0.1) is 47.8 Å². The number of methoxy groups -OCH3 is 1. The number of rotatable bonds is 9. The molecule has 7 heterocycles. The van der Waals surface area contributed by atoms with E-state index in [0.717, 1.165) is 39.1 Å². The minimum Gasteiger partial charge on any atom is -0.464 e. The number of hydrogen-bond acceptors (Lipinski definition) is 12. The fourth-order valence-electron chi connectivity index (χ4n) is 11.3. The maximum atomic E-state index is 14.9.